The number of benzene rings is 2. The first-order valence-corrected chi connectivity index (χ1v) is 13.8. The third-order valence-electron chi connectivity index (χ3n) is 9.09. The summed E-state index contributed by atoms with van der Waals surface area (Å²) in [5.41, 5.74) is 1.19. The number of anilines is 1. The largest absolute Gasteiger partial charge is 1.00 e. The van der Waals surface area contributed by atoms with Crippen molar-refractivity contribution in [3.8, 4) is 0 Å². The second kappa shape index (κ2) is 11.1. The smallest absolute Gasteiger partial charge is 0.317 e. The Labute approximate surface area is 229 Å². The standard InChI is InChI=1S/C30H35N3O4.ClH/c34-27(31-28-24-12-6-7-13-25(24)37-32-28)21-33-18-14-22(15-19-33)26(20-33)36-29(35)30(16-8-1-2-9-17-30)23-10-4-3-5-11-23;/h3-7,10-13,22,26H,1-2,8-9,14-21H2;1H/t22?,26-,33?;/m0./s1. The molecular formula is C30H36ClN3O4. The highest BCUT2D eigenvalue weighted by Crippen LogP contribution is 2.42. The summed E-state index contributed by atoms with van der Waals surface area (Å²) in [4.78, 5) is 27.1. The number of carbonyl (C=O) groups is 2. The van der Waals surface area contributed by atoms with Crippen LogP contribution in [0.25, 0.3) is 11.0 Å². The van der Waals surface area contributed by atoms with Crippen LogP contribution in [0.1, 0.15) is 56.9 Å². The van der Waals surface area contributed by atoms with Crippen molar-refractivity contribution >= 4 is 28.7 Å². The Morgan fingerprint density at radius 1 is 0.974 bits per heavy atom. The van der Waals surface area contributed by atoms with Gasteiger partial charge < -0.3 is 31.5 Å². The van der Waals surface area contributed by atoms with Crippen LogP contribution in [0.3, 0.4) is 0 Å². The van der Waals surface area contributed by atoms with Gasteiger partial charge in [0.15, 0.2) is 24.0 Å². The second-order valence-electron chi connectivity index (χ2n) is 11.3. The molecule has 7 rings (SSSR count). The third-order valence-corrected chi connectivity index (χ3v) is 9.09. The SMILES string of the molecule is O=C(C[N+]12CCC(CC1)[C@@H](OC(=O)C1(c3ccccc3)CCCCCC1)C2)Nc1noc2ccccc12.[Cl-]. The van der Waals surface area contributed by atoms with Gasteiger partial charge in [-0.3, -0.25) is 9.59 Å². The maximum Gasteiger partial charge on any atom is 0.317 e. The van der Waals surface area contributed by atoms with Gasteiger partial charge in [0.25, 0.3) is 5.91 Å². The summed E-state index contributed by atoms with van der Waals surface area (Å²) in [7, 11) is 0. The van der Waals surface area contributed by atoms with E-state index in [4.69, 9.17) is 9.26 Å². The molecule has 1 N–H and O–H groups in total. The molecule has 0 radical (unpaired) electrons. The molecule has 1 saturated carbocycles. The highest BCUT2D eigenvalue weighted by Gasteiger charge is 2.51. The van der Waals surface area contributed by atoms with Crippen LogP contribution in [-0.2, 0) is 19.7 Å². The van der Waals surface area contributed by atoms with Gasteiger partial charge in [-0.25, -0.2) is 0 Å². The molecule has 8 heteroatoms. The number of halogens is 1. The van der Waals surface area contributed by atoms with Crippen molar-refractivity contribution in [1.82, 2.24) is 5.16 Å². The predicted octanol–water partition coefficient (Wildman–Crippen LogP) is 2.21. The van der Waals surface area contributed by atoms with Crippen molar-refractivity contribution < 1.29 is 35.7 Å². The van der Waals surface area contributed by atoms with E-state index in [9.17, 15) is 9.59 Å². The number of amides is 1. The van der Waals surface area contributed by atoms with E-state index in [1.807, 2.05) is 42.5 Å². The number of carbonyl (C=O) groups excluding carboxylic acids is 2. The fourth-order valence-electron chi connectivity index (χ4n) is 6.98. The van der Waals surface area contributed by atoms with Crippen LogP contribution in [0.2, 0.25) is 0 Å². The molecular weight excluding hydrogens is 502 g/mol. The summed E-state index contributed by atoms with van der Waals surface area (Å²) < 4.78 is 12.4. The average molecular weight is 538 g/mol. The van der Waals surface area contributed by atoms with Crippen molar-refractivity contribution in [2.75, 3.05) is 31.5 Å². The van der Waals surface area contributed by atoms with Gasteiger partial charge in [-0.05, 0) is 30.5 Å². The van der Waals surface area contributed by atoms with E-state index < -0.39 is 5.41 Å². The first-order valence-electron chi connectivity index (χ1n) is 13.8. The van der Waals surface area contributed by atoms with E-state index in [0.717, 1.165) is 62.6 Å². The van der Waals surface area contributed by atoms with Crippen molar-refractivity contribution in [3.05, 3.63) is 60.2 Å². The fourth-order valence-corrected chi connectivity index (χ4v) is 6.98. The number of piperidine rings is 3. The van der Waals surface area contributed by atoms with Crippen LogP contribution in [-0.4, -0.2) is 53.8 Å². The Hall–Kier alpha value is -2.90. The van der Waals surface area contributed by atoms with Gasteiger partial charge in [0.1, 0.15) is 6.54 Å². The number of quaternary nitrogens is 1. The number of aromatic nitrogens is 1. The van der Waals surface area contributed by atoms with Crippen LogP contribution in [0.4, 0.5) is 5.82 Å². The van der Waals surface area contributed by atoms with Crippen molar-refractivity contribution in [1.29, 1.82) is 0 Å². The quantitative estimate of drug-likeness (QED) is 0.296. The number of hydrogen-bond acceptors (Lipinski definition) is 5. The number of esters is 1. The van der Waals surface area contributed by atoms with E-state index in [0.29, 0.717) is 34.9 Å². The minimum atomic E-state index is -0.556. The second-order valence-corrected chi connectivity index (χ2v) is 11.3. The van der Waals surface area contributed by atoms with E-state index in [2.05, 4.69) is 22.6 Å². The molecule has 38 heavy (non-hydrogen) atoms. The van der Waals surface area contributed by atoms with Crippen LogP contribution in [0.15, 0.2) is 59.1 Å². The molecule has 2 aromatic carbocycles. The Morgan fingerprint density at radius 3 is 2.39 bits per heavy atom. The monoisotopic (exact) mass is 537 g/mol. The lowest BCUT2D eigenvalue weighted by atomic mass is 9.74. The lowest BCUT2D eigenvalue weighted by molar-refractivity contribution is -0.939. The zero-order valence-electron chi connectivity index (χ0n) is 21.7. The van der Waals surface area contributed by atoms with Crippen LogP contribution in [0, 0.1) is 5.92 Å². The fraction of sp³-hybridized carbons (Fsp3) is 0.500. The number of nitrogens with zero attached hydrogens (tertiary/aromatic N) is 2. The summed E-state index contributed by atoms with van der Waals surface area (Å²) >= 11 is 0. The van der Waals surface area contributed by atoms with Gasteiger partial charge in [0, 0.05) is 18.8 Å². The van der Waals surface area contributed by atoms with Gasteiger partial charge in [0.05, 0.1) is 23.9 Å². The number of fused-ring (bicyclic) bond motifs is 4. The first-order chi connectivity index (χ1) is 18.1. The molecule has 1 aromatic heterocycles. The summed E-state index contributed by atoms with van der Waals surface area (Å²) in [6.45, 7) is 2.94. The lowest BCUT2D eigenvalue weighted by Gasteiger charge is -2.52. The minimum Gasteiger partial charge on any atom is -1.00 e. The summed E-state index contributed by atoms with van der Waals surface area (Å²) in [6, 6.07) is 17.8. The highest BCUT2D eigenvalue weighted by atomic mass is 35.5. The normalized spacial score (nSPS) is 26.2. The van der Waals surface area contributed by atoms with E-state index in [1.165, 1.54) is 12.8 Å². The maximum atomic E-state index is 14.0. The van der Waals surface area contributed by atoms with Crippen molar-refractivity contribution in [2.24, 2.45) is 5.92 Å². The molecule has 3 saturated heterocycles. The molecule has 3 aliphatic heterocycles. The summed E-state index contributed by atoms with van der Waals surface area (Å²) in [6.07, 6.45) is 7.96. The summed E-state index contributed by atoms with van der Waals surface area (Å²) in [5, 5.41) is 7.82. The molecule has 1 amide bonds. The topological polar surface area (TPSA) is 81.4 Å². The predicted molar refractivity (Wildman–Crippen MR) is 141 cm³/mol. The maximum absolute atomic E-state index is 14.0. The van der Waals surface area contributed by atoms with Gasteiger partial charge in [-0.2, -0.15) is 0 Å². The van der Waals surface area contributed by atoms with Crippen LogP contribution >= 0.6 is 0 Å². The molecule has 0 spiro atoms. The Morgan fingerprint density at radius 2 is 1.66 bits per heavy atom. The average Bonchev–Trinajstić information content (AvgIpc) is 3.15. The third kappa shape index (κ3) is 5.06. The molecule has 2 bridgehead atoms. The van der Waals surface area contributed by atoms with E-state index in [-0.39, 0.29) is 30.4 Å². The first kappa shape index (κ1) is 26.7. The van der Waals surface area contributed by atoms with Crippen LogP contribution < -0.4 is 17.7 Å². The molecule has 4 heterocycles. The molecule has 1 atom stereocenters. The molecule has 0 unspecified atom stereocenters. The zero-order valence-corrected chi connectivity index (χ0v) is 22.5. The number of hydrogen-bond donors (Lipinski definition) is 1. The zero-order chi connectivity index (χ0) is 25.3. The van der Waals surface area contributed by atoms with Crippen molar-refractivity contribution in [2.45, 2.75) is 62.9 Å². The molecule has 7 nitrogen and oxygen atoms in total. The van der Waals surface area contributed by atoms with Crippen molar-refractivity contribution in [3.63, 3.8) is 0 Å². The minimum absolute atomic E-state index is 0. The van der Waals surface area contributed by atoms with Gasteiger partial charge >= 0.3 is 5.97 Å². The molecule has 4 aliphatic rings. The Kier molecular flexibility index (Phi) is 7.78. The number of rotatable bonds is 6. The van der Waals surface area contributed by atoms with Gasteiger partial charge in [-0.1, -0.05) is 73.3 Å². The molecule has 4 fully saturated rings. The number of ether oxygens (including phenoxy) is 1. The van der Waals surface area contributed by atoms with E-state index >= 15 is 0 Å². The molecule has 202 valence electrons. The van der Waals surface area contributed by atoms with Crippen LogP contribution in [0.5, 0.6) is 0 Å². The lowest BCUT2D eigenvalue weighted by Crippen LogP contribution is -3.00. The van der Waals surface area contributed by atoms with Gasteiger partial charge in [-0.15, -0.1) is 0 Å². The molecule has 3 aromatic rings. The number of nitrogens with one attached hydrogen (secondary N) is 1. The van der Waals surface area contributed by atoms with Gasteiger partial charge in [0.2, 0.25) is 0 Å². The molecule has 1 aliphatic carbocycles. The Bertz CT molecular complexity index is 1260. The number of para-hydroxylation sites is 1. The highest BCUT2D eigenvalue weighted by molar-refractivity contribution is 5.99. The summed E-state index contributed by atoms with van der Waals surface area (Å²) in [5.74, 6) is 0.710. The van der Waals surface area contributed by atoms with E-state index in [1.54, 1.807) is 0 Å². The Balaban J connectivity index is 0.00000294.